The highest BCUT2D eigenvalue weighted by Gasteiger charge is 2.38. The molecule has 0 unspecified atom stereocenters. The van der Waals surface area contributed by atoms with Crippen LogP contribution in [0.5, 0.6) is 0 Å². The third-order valence-corrected chi connectivity index (χ3v) is 7.19. The number of carbonyl (C=O) groups is 1. The minimum atomic E-state index is -0.392. The van der Waals surface area contributed by atoms with Crippen LogP contribution in [-0.2, 0) is 6.42 Å². The lowest BCUT2D eigenvalue weighted by molar-refractivity contribution is 0.0657. The molecule has 34 heavy (non-hydrogen) atoms. The fourth-order valence-corrected chi connectivity index (χ4v) is 5.42. The van der Waals surface area contributed by atoms with Crippen LogP contribution in [0, 0.1) is 6.92 Å². The number of oxazole rings is 1. The van der Waals surface area contributed by atoms with E-state index in [0.29, 0.717) is 24.6 Å². The molecule has 0 saturated heterocycles. The Balaban J connectivity index is 1.39. The Morgan fingerprint density at radius 1 is 1.26 bits per heavy atom. The predicted molar refractivity (Wildman–Crippen MR) is 128 cm³/mol. The summed E-state index contributed by atoms with van der Waals surface area (Å²) >= 11 is 1.58. The van der Waals surface area contributed by atoms with Gasteiger partial charge in [-0.3, -0.25) is 9.48 Å². The Morgan fingerprint density at radius 3 is 2.91 bits per heavy atom. The Hall–Kier alpha value is -3.79. The minimum absolute atomic E-state index is 0.217. The molecular formula is C24H23N7O2S. The van der Waals surface area contributed by atoms with Crippen molar-refractivity contribution in [3.63, 3.8) is 0 Å². The van der Waals surface area contributed by atoms with Crippen LogP contribution in [-0.4, -0.2) is 47.1 Å². The van der Waals surface area contributed by atoms with Gasteiger partial charge in [0.25, 0.3) is 5.91 Å². The van der Waals surface area contributed by atoms with Crippen LogP contribution in [0.3, 0.4) is 0 Å². The molecule has 9 nitrogen and oxygen atoms in total. The van der Waals surface area contributed by atoms with E-state index in [1.165, 1.54) is 0 Å². The first-order valence-electron chi connectivity index (χ1n) is 11.2. The van der Waals surface area contributed by atoms with Crippen molar-refractivity contribution in [2.24, 2.45) is 0 Å². The average Bonchev–Trinajstić information content (AvgIpc) is 3.62. The van der Waals surface area contributed by atoms with Gasteiger partial charge in [-0.05, 0) is 32.9 Å². The molecule has 0 saturated carbocycles. The molecule has 10 heteroatoms. The van der Waals surface area contributed by atoms with Crippen molar-refractivity contribution in [2.75, 3.05) is 6.54 Å². The topological polar surface area (TPSA) is 106 Å². The molecule has 5 heterocycles. The van der Waals surface area contributed by atoms with Gasteiger partial charge in [-0.15, -0.1) is 11.3 Å². The second-order valence-corrected chi connectivity index (χ2v) is 9.74. The summed E-state index contributed by atoms with van der Waals surface area (Å²) in [7, 11) is 0. The van der Waals surface area contributed by atoms with Crippen molar-refractivity contribution in [3.8, 4) is 11.5 Å². The van der Waals surface area contributed by atoms with Crippen molar-refractivity contribution in [3.05, 3.63) is 70.8 Å². The van der Waals surface area contributed by atoms with E-state index in [1.807, 2.05) is 49.0 Å². The summed E-state index contributed by atoms with van der Waals surface area (Å²) in [6, 6.07) is 7.82. The molecule has 5 aromatic rings. The Morgan fingerprint density at radius 2 is 2.12 bits per heavy atom. The maximum absolute atomic E-state index is 13.8. The van der Waals surface area contributed by atoms with E-state index in [-0.39, 0.29) is 17.7 Å². The number of rotatable bonds is 4. The number of fused-ring (bicyclic) bond motifs is 2. The van der Waals surface area contributed by atoms with E-state index < -0.39 is 6.04 Å². The van der Waals surface area contributed by atoms with Gasteiger partial charge in [-0.25, -0.2) is 15.0 Å². The van der Waals surface area contributed by atoms with Gasteiger partial charge in [-0.2, -0.15) is 5.10 Å². The van der Waals surface area contributed by atoms with E-state index in [2.05, 4.69) is 20.1 Å². The Labute approximate surface area is 199 Å². The highest BCUT2D eigenvalue weighted by Crippen LogP contribution is 2.38. The number of carbonyl (C=O) groups excluding carboxylic acids is 1. The molecule has 1 aliphatic heterocycles. The van der Waals surface area contributed by atoms with Crippen molar-refractivity contribution in [1.82, 2.24) is 34.6 Å². The molecule has 0 spiro atoms. The van der Waals surface area contributed by atoms with Gasteiger partial charge in [0.2, 0.25) is 11.7 Å². The SMILES string of the molecule is Cc1nc(-c2cnn(C(C)C)c2)oc1C(=O)N1CCc2[nH]cnc2[C@H]1c1nc2ccccc2s1. The van der Waals surface area contributed by atoms with Gasteiger partial charge in [-0.1, -0.05) is 12.1 Å². The third-order valence-electron chi connectivity index (χ3n) is 6.10. The highest BCUT2D eigenvalue weighted by molar-refractivity contribution is 7.18. The quantitative estimate of drug-likeness (QED) is 0.411. The van der Waals surface area contributed by atoms with Gasteiger partial charge < -0.3 is 14.3 Å². The van der Waals surface area contributed by atoms with Gasteiger partial charge in [0, 0.05) is 30.9 Å². The summed E-state index contributed by atoms with van der Waals surface area (Å²) in [5.41, 5.74) is 4.07. The molecule has 0 fully saturated rings. The zero-order valence-electron chi connectivity index (χ0n) is 19.0. The summed E-state index contributed by atoms with van der Waals surface area (Å²) in [6.45, 7) is 6.42. The molecule has 1 amide bonds. The number of H-pyrrole nitrogens is 1. The maximum Gasteiger partial charge on any atom is 0.292 e. The Bertz CT molecular complexity index is 1480. The van der Waals surface area contributed by atoms with Crippen LogP contribution in [0.2, 0.25) is 0 Å². The van der Waals surface area contributed by atoms with Crippen LogP contribution in [0.15, 0.2) is 47.4 Å². The number of aromatic amines is 1. The number of benzene rings is 1. The van der Waals surface area contributed by atoms with Gasteiger partial charge in [0.15, 0.2) is 0 Å². The van der Waals surface area contributed by atoms with E-state index >= 15 is 0 Å². The largest absolute Gasteiger partial charge is 0.431 e. The molecule has 1 aliphatic rings. The highest BCUT2D eigenvalue weighted by atomic mass is 32.1. The van der Waals surface area contributed by atoms with E-state index in [4.69, 9.17) is 9.40 Å². The molecule has 0 radical (unpaired) electrons. The van der Waals surface area contributed by atoms with Crippen LogP contribution in [0.25, 0.3) is 21.7 Å². The lowest BCUT2D eigenvalue weighted by atomic mass is 10.0. The molecule has 1 atom stereocenters. The number of hydrogen-bond donors (Lipinski definition) is 1. The van der Waals surface area contributed by atoms with Gasteiger partial charge in [0.05, 0.1) is 39.7 Å². The van der Waals surface area contributed by atoms with Crippen molar-refractivity contribution in [1.29, 1.82) is 0 Å². The van der Waals surface area contributed by atoms with Gasteiger partial charge >= 0.3 is 0 Å². The number of aryl methyl sites for hydroxylation is 1. The van der Waals surface area contributed by atoms with Crippen molar-refractivity contribution >= 4 is 27.5 Å². The number of aromatic nitrogens is 6. The predicted octanol–water partition coefficient (Wildman–Crippen LogP) is 4.55. The van der Waals surface area contributed by atoms with E-state index in [1.54, 1.807) is 35.7 Å². The van der Waals surface area contributed by atoms with Crippen LogP contribution in [0.4, 0.5) is 0 Å². The average molecular weight is 474 g/mol. The number of amides is 1. The maximum atomic E-state index is 13.8. The first-order valence-corrected chi connectivity index (χ1v) is 12.0. The lowest BCUT2D eigenvalue weighted by Crippen LogP contribution is -2.40. The summed E-state index contributed by atoms with van der Waals surface area (Å²) < 4.78 is 8.93. The number of thiazole rings is 1. The van der Waals surface area contributed by atoms with Crippen LogP contribution < -0.4 is 0 Å². The smallest absolute Gasteiger partial charge is 0.292 e. The number of hydrogen-bond acceptors (Lipinski definition) is 7. The molecule has 4 aromatic heterocycles. The summed E-state index contributed by atoms with van der Waals surface area (Å²) in [4.78, 5) is 32.8. The van der Waals surface area contributed by atoms with Crippen LogP contribution in [0.1, 0.15) is 58.6 Å². The normalized spacial score (nSPS) is 15.9. The number of para-hydroxylation sites is 1. The van der Waals surface area contributed by atoms with Crippen molar-refractivity contribution in [2.45, 2.75) is 39.3 Å². The standard InChI is InChI=1S/C24H23N7O2S/c1-13(2)31-11-15(10-27-31)22-28-14(3)21(33-22)24(32)30-9-8-17-19(26-12-25-17)20(30)23-29-16-6-4-5-7-18(16)34-23/h4-7,10-13,20H,8-9H2,1-3H3,(H,25,26)/t20-/m0/s1. The zero-order valence-corrected chi connectivity index (χ0v) is 19.8. The summed E-state index contributed by atoms with van der Waals surface area (Å²) in [6.07, 6.45) is 5.96. The van der Waals surface area contributed by atoms with Gasteiger partial charge in [0.1, 0.15) is 11.0 Å². The second-order valence-electron chi connectivity index (χ2n) is 8.67. The molecule has 0 aliphatic carbocycles. The fourth-order valence-electron chi connectivity index (χ4n) is 4.33. The lowest BCUT2D eigenvalue weighted by Gasteiger charge is -2.33. The number of nitrogens with one attached hydrogen (secondary N) is 1. The second kappa shape index (κ2) is 7.91. The summed E-state index contributed by atoms with van der Waals surface area (Å²) in [5.74, 6) is 0.407. The molecule has 1 aromatic carbocycles. The van der Waals surface area contributed by atoms with E-state index in [0.717, 1.165) is 32.2 Å². The first-order chi connectivity index (χ1) is 16.5. The molecule has 0 bridgehead atoms. The number of imidazole rings is 1. The zero-order chi connectivity index (χ0) is 23.4. The Kier molecular flexibility index (Phi) is 4.84. The molecule has 6 rings (SSSR count). The monoisotopic (exact) mass is 473 g/mol. The molecule has 172 valence electrons. The molecular weight excluding hydrogens is 450 g/mol. The van der Waals surface area contributed by atoms with Crippen LogP contribution >= 0.6 is 11.3 Å². The summed E-state index contributed by atoms with van der Waals surface area (Å²) in [5, 5.41) is 5.19. The third kappa shape index (κ3) is 3.33. The number of nitrogens with zero attached hydrogens (tertiary/aromatic N) is 6. The minimum Gasteiger partial charge on any atom is -0.431 e. The molecule has 1 N–H and O–H groups in total. The van der Waals surface area contributed by atoms with Crippen molar-refractivity contribution < 1.29 is 9.21 Å². The fraction of sp³-hybridized carbons (Fsp3) is 0.292. The van der Waals surface area contributed by atoms with E-state index in [9.17, 15) is 4.79 Å². The first kappa shape index (κ1) is 20.8.